The van der Waals surface area contributed by atoms with E-state index in [1.165, 1.54) is 4.68 Å². The number of anilines is 1. The van der Waals surface area contributed by atoms with E-state index in [2.05, 4.69) is 20.4 Å². The monoisotopic (exact) mass is 348 g/mol. The molecule has 2 aromatic heterocycles. The molecular weight excluding hydrogens is 328 g/mol. The summed E-state index contributed by atoms with van der Waals surface area (Å²) in [5.41, 5.74) is 9.92. The molecule has 3 rings (SSSR count). The van der Waals surface area contributed by atoms with Crippen LogP contribution in [0.2, 0.25) is 0 Å². The van der Waals surface area contributed by atoms with Gasteiger partial charge < -0.3 is 11.1 Å². The molecular formula is C19H20N6O. The molecule has 0 fully saturated rings. The molecule has 7 nitrogen and oxygen atoms in total. The minimum atomic E-state index is -0.216. The van der Waals surface area contributed by atoms with Crippen LogP contribution < -0.4 is 11.1 Å². The van der Waals surface area contributed by atoms with Crippen LogP contribution in [0, 0.1) is 13.8 Å². The molecule has 1 amide bonds. The largest absolute Gasteiger partial charge is 0.383 e. The molecule has 2 heterocycles. The van der Waals surface area contributed by atoms with Gasteiger partial charge in [0.15, 0.2) is 5.82 Å². The molecule has 0 aliphatic heterocycles. The maximum absolute atomic E-state index is 12.3. The Balaban J connectivity index is 1.82. The highest BCUT2D eigenvalue weighted by atomic mass is 16.2. The second-order valence-electron chi connectivity index (χ2n) is 5.96. The van der Waals surface area contributed by atoms with E-state index < -0.39 is 0 Å². The van der Waals surface area contributed by atoms with Crippen molar-refractivity contribution >= 4 is 23.2 Å². The highest BCUT2D eigenvalue weighted by molar-refractivity contribution is 6.04. The molecule has 132 valence electrons. The zero-order valence-electron chi connectivity index (χ0n) is 14.9. The first-order chi connectivity index (χ1) is 12.5. The Morgan fingerprint density at radius 3 is 2.62 bits per heavy atom. The van der Waals surface area contributed by atoms with Gasteiger partial charge in [0.05, 0.1) is 0 Å². The molecule has 0 spiro atoms. The summed E-state index contributed by atoms with van der Waals surface area (Å²) in [6.45, 7) is 3.84. The SMILES string of the molecule is Cc1cc(/C(N)=N/c2ncccc2C)ccc1NC(=O)c1ccnn1C. The van der Waals surface area contributed by atoms with Gasteiger partial charge in [-0.15, -0.1) is 0 Å². The Hall–Kier alpha value is -3.48. The summed E-state index contributed by atoms with van der Waals surface area (Å²) in [5.74, 6) is 0.752. The van der Waals surface area contributed by atoms with Gasteiger partial charge in [-0.25, -0.2) is 9.98 Å². The van der Waals surface area contributed by atoms with Gasteiger partial charge in [-0.1, -0.05) is 6.07 Å². The molecule has 3 N–H and O–H groups in total. The number of pyridine rings is 1. The van der Waals surface area contributed by atoms with Crippen LogP contribution in [0.15, 0.2) is 53.8 Å². The smallest absolute Gasteiger partial charge is 0.273 e. The van der Waals surface area contributed by atoms with Crippen LogP contribution >= 0.6 is 0 Å². The summed E-state index contributed by atoms with van der Waals surface area (Å²) in [4.78, 5) is 20.9. The fourth-order valence-corrected chi connectivity index (χ4v) is 2.52. The number of nitrogens with one attached hydrogen (secondary N) is 1. The van der Waals surface area contributed by atoms with Crippen LogP contribution in [-0.2, 0) is 7.05 Å². The van der Waals surface area contributed by atoms with Gasteiger partial charge in [0.2, 0.25) is 0 Å². The highest BCUT2D eigenvalue weighted by Crippen LogP contribution is 2.19. The van der Waals surface area contributed by atoms with Gasteiger partial charge in [0, 0.05) is 30.7 Å². The number of nitrogens with two attached hydrogens (primary N) is 1. The lowest BCUT2D eigenvalue weighted by atomic mass is 10.1. The minimum Gasteiger partial charge on any atom is -0.383 e. The molecule has 0 aliphatic carbocycles. The van der Waals surface area contributed by atoms with Crippen molar-refractivity contribution < 1.29 is 4.79 Å². The summed E-state index contributed by atoms with van der Waals surface area (Å²) < 4.78 is 1.53. The standard InChI is InChI=1S/C19H20N6O/c1-12-5-4-9-21-18(12)24-17(20)14-6-7-15(13(2)11-14)23-19(26)16-8-10-22-25(16)3/h4-11H,1-3H3,(H,23,26)(H2,20,21,24). The Bertz CT molecular complexity index is 989. The lowest BCUT2D eigenvalue weighted by Gasteiger charge is -2.10. The molecule has 0 unspecified atom stereocenters. The summed E-state index contributed by atoms with van der Waals surface area (Å²) in [6.07, 6.45) is 3.27. The Labute approximate surface area is 151 Å². The molecule has 0 saturated carbocycles. The highest BCUT2D eigenvalue weighted by Gasteiger charge is 2.12. The molecule has 3 aromatic rings. The normalized spacial score (nSPS) is 11.4. The summed E-state index contributed by atoms with van der Waals surface area (Å²) >= 11 is 0. The third-order valence-electron chi connectivity index (χ3n) is 4.03. The Morgan fingerprint density at radius 1 is 1.15 bits per heavy atom. The quantitative estimate of drug-likeness (QED) is 0.559. The minimum absolute atomic E-state index is 0.216. The number of aromatic nitrogens is 3. The number of nitrogens with zero attached hydrogens (tertiary/aromatic N) is 4. The topological polar surface area (TPSA) is 98.2 Å². The molecule has 0 radical (unpaired) electrons. The van der Waals surface area contributed by atoms with Crippen LogP contribution in [-0.4, -0.2) is 26.5 Å². The van der Waals surface area contributed by atoms with Crippen molar-refractivity contribution in [2.75, 3.05) is 5.32 Å². The van der Waals surface area contributed by atoms with E-state index in [0.717, 1.165) is 16.7 Å². The van der Waals surface area contributed by atoms with Crippen molar-refractivity contribution in [3.63, 3.8) is 0 Å². The van der Waals surface area contributed by atoms with E-state index in [1.54, 1.807) is 25.5 Å². The number of aliphatic imine (C=N–C) groups is 1. The Morgan fingerprint density at radius 2 is 1.96 bits per heavy atom. The fourth-order valence-electron chi connectivity index (χ4n) is 2.52. The van der Waals surface area contributed by atoms with Gasteiger partial charge in [-0.05, 0) is 55.3 Å². The van der Waals surface area contributed by atoms with E-state index >= 15 is 0 Å². The predicted octanol–water partition coefficient (Wildman–Crippen LogP) is 2.72. The number of hydrogen-bond acceptors (Lipinski definition) is 4. The predicted molar refractivity (Wildman–Crippen MR) is 102 cm³/mol. The third-order valence-corrected chi connectivity index (χ3v) is 4.03. The van der Waals surface area contributed by atoms with Crippen molar-refractivity contribution in [3.05, 3.63) is 71.2 Å². The number of hydrogen-bond donors (Lipinski definition) is 2. The molecule has 0 saturated heterocycles. The first-order valence-corrected chi connectivity index (χ1v) is 8.12. The second-order valence-corrected chi connectivity index (χ2v) is 5.96. The first-order valence-electron chi connectivity index (χ1n) is 8.12. The zero-order valence-corrected chi connectivity index (χ0v) is 14.9. The van der Waals surface area contributed by atoms with E-state index in [4.69, 9.17) is 5.73 Å². The van der Waals surface area contributed by atoms with Crippen LogP contribution in [0.3, 0.4) is 0 Å². The van der Waals surface area contributed by atoms with Crippen molar-refractivity contribution in [2.45, 2.75) is 13.8 Å². The maximum Gasteiger partial charge on any atom is 0.273 e. The van der Waals surface area contributed by atoms with Crippen LogP contribution in [0.1, 0.15) is 27.2 Å². The maximum atomic E-state index is 12.3. The van der Waals surface area contributed by atoms with Crippen molar-refractivity contribution in [3.8, 4) is 0 Å². The summed E-state index contributed by atoms with van der Waals surface area (Å²) in [5, 5.41) is 6.89. The lowest BCUT2D eigenvalue weighted by Crippen LogP contribution is -2.17. The van der Waals surface area contributed by atoms with Gasteiger partial charge in [0.25, 0.3) is 5.91 Å². The van der Waals surface area contributed by atoms with E-state index in [1.807, 2.05) is 44.2 Å². The first kappa shape index (κ1) is 17.3. The lowest BCUT2D eigenvalue weighted by molar-refractivity contribution is 0.101. The summed E-state index contributed by atoms with van der Waals surface area (Å²) in [7, 11) is 1.72. The van der Waals surface area contributed by atoms with Gasteiger partial charge in [-0.2, -0.15) is 5.10 Å². The van der Waals surface area contributed by atoms with Gasteiger partial charge in [0.1, 0.15) is 11.5 Å². The fraction of sp³-hybridized carbons (Fsp3) is 0.158. The number of aryl methyl sites for hydroxylation is 3. The number of benzene rings is 1. The number of carbonyl (C=O) groups excluding carboxylic acids is 1. The molecule has 0 atom stereocenters. The van der Waals surface area contributed by atoms with Crippen LogP contribution in [0.5, 0.6) is 0 Å². The van der Waals surface area contributed by atoms with Crippen LogP contribution in [0.25, 0.3) is 0 Å². The van der Waals surface area contributed by atoms with Crippen LogP contribution in [0.4, 0.5) is 11.5 Å². The molecule has 0 aliphatic rings. The van der Waals surface area contributed by atoms with Crippen molar-refractivity contribution in [1.29, 1.82) is 0 Å². The number of rotatable bonds is 4. The number of amidine groups is 1. The van der Waals surface area contributed by atoms with E-state index in [0.29, 0.717) is 23.0 Å². The average molecular weight is 348 g/mol. The Kier molecular flexibility index (Phi) is 4.79. The van der Waals surface area contributed by atoms with E-state index in [-0.39, 0.29) is 5.91 Å². The van der Waals surface area contributed by atoms with Crippen molar-refractivity contribution in [1.82, 2.24) is 14.8 Å². The second kappa shape index (κ2) is 7.18. The van der Waals surface area contributed by atoms with Gasteiger partial charge >= 0.3 is 0 Å². The third kappa shape index (κ3) is 3.61. The van der Waals surface area contributed by atoms with E-state index in [9.17, 15) is 4.79 Å². The zero-order chi connectivity index (χ0) is 18.7. The van der Waals surface area contributed by atoms with Gasteiger partial charge in [-0.3, -0.25) is 9.48 Å². The summed E-state index contributed by atoms with van der Waals surface area (Å²) in [6, 6.07) is 11.0. The number of carbonyl (C=O) groups is 1. The molecule has 1 aromatic carbocycles. The number of amides is 1. The van der Waals surface area contributed by atoms with Crippen molar-refractivity contribution in [2.24, 2.45) is 17.8 Å². The molecule has 0 bridgehead atoms. The molecule has 7 heteroatoms. The molecule has 26 heavy (non-hydrogen) atoms. The average Bonchev–Trinajstić information content (AvgIpc) is 3.04.